The van der Waals surface area contributed by atoms with Crippen molar-refractivity contribution in [3.8, 4) is 0 Å². The van der Waals surface area contributed by atoms with Gasteiger partial charge in [0.05, 0.1) is 24.4 Å². The monoisotopic (exact) mass is 373 g/mol. The molecule has 154 valence electrons. The highest BCUT2D eigenvalue weighted by atomic mass is 16.5. The lowest BCUT2D eigenvalue weighted by Crippen LogP contribution is -2.44. The molecule has 0 saturated heterocycles. The molecule has 0 aromatic heterocycles. The van der Waals surface area contributed by atoms with E-state index in [9.17, 15) is 9.59 Å². The molecule has 4 N–H and O–H groups in total. The SMILES string of the molecule is CCC(=O)C(CC(=O)NCCOC(C)(C)CCOC(C)CN)NC(C)C. The lowest BCUT2D eigenvalue weighted by atomic mass is 10.1. The van der Waals surface area contributed by atoms with Crippen LogP contribution < -0.4 is 16.4 Å². The van der Waals surface area contributed by atoms with Crippen LogP contribution >= 0.6 is 0 Å². The molecule has 2 atom stereocenters. The summed E-state index contributed by atoms with van der Waals surface area (Å²) in [7, 11) is 0. The Morgan fingerprint density at radius 1 is 1.15 bits per heavy atom. The molecule has 0 aliphatic heterocycles. The van der Waals surface area contributed by atoms with Gasteiger partial charge in [0.1, 0.15) is 5.78 Å². The number of hydrogen-bond donors (Lipinski definition) is 3. The molecule has 0 bridgehead atoms. The zero-order valence-corrected chi connectivity index (χ0v) is 17.4. The maximum atomic E-state index is 12.1. The third-order valence-electron chi connectivity index (χ3n) is 4.02. The van der Waals surface area contributed by atoms with Gasteiger partial charge in [-0.1, -0.05) is 20.8 Å². The molecule has 0 rings (SSSR count). The summed E-state index contributed by atoms with van der Waals surface area (Å²) in [6.45, 7) is 13.6. The van der Waals surface area contributed by atoms with Gasteiger partial charge >= 0.3 is 0 Å². The van der Waals surface area contributed by atoms with Crippen molar-refractivity contribution in [2.45, 2.75) is 84.6 Å². The van der Waals surface area contributed by atoms with E-state index < -0.39 is 6.04 Å². The highest BCUT2D eigenvalue weighted by Gasteiger charge is 2.21. The van der Waals surface area contributed by atoms with Gasteiger partial charge in [-0.05, 0) is 27.2 Å². The van der Waals surface area contributed by atoms with Gasteiger partial charge in [-0.2, -0.15) is 0 Å². The highest BCUT2D eigenvalue weighted by molar-refractivity contribution is 5.89. The molecule has 0 aromatic rings. The Kier molecular flexibility index (Phi) is 12.7. The fourth-order valence-corrected chi connectivity index (χ4v) is 2.34. The first-order valence-corrected chi connectivity index (χ1v) is 9.62. The predicted octanol–water partition coefficient (Wildman–Crippen LogP) is 1.39. The minimum Gasteiger partial charge on any atom is -0.377 e. The summed E-state index contributed by atoms with van der Waals surface area (Å²) in [5, 5.41) is 5.97. The molecule has 0 radical (unpaired) electrons. The van der Waals surface area contributed by atoms with E-state index in [-0.39, 0.29) is 35.9 Å². The summed E-state index contributed by atoms with van der Waals surface area (Å²) in [5.41, 5.74) is 5.18. The topological polar surface area (TPSA) is 103 Å². The molecule has 0 fully saturated rings. The summed E-state index contributed by atoms with van der Waals surface area (Å²) in [4.78, 5) is 24.0. The van der Waals surface area contributed by atoms with Crippen molar-refractivity contribution < 1.29 is 19.1 Å². The van der Waals surface area contributed by atoms with Crippen LogP contribution in [0.3, 0.4) is 0 Å². The molecule has 0 saturated carbocycles. The third kappa shape index (κ3) is 12.4. The minimum atomic E-state index is -0.431. The van der Waals surface area contributed by atoms with Gasteiger partial charge in [0, 0.05) is 38.6 Å². The molecule has 7 nitrogen and oxygen atoms in total. The summed E-state index contributed by atoms with van der Waals surface area (Å²) in [5.74, 6) is -0.0931. The molecule has 2 unspecified atom stereocenters. The largest absolute Gasteiger partial charge is 0.377 e. The molecular weight excluding hydrogens is 334 g/mol. The van der Waals surface area contributed by atoms with Crippen LogP contribution in [-0.4, -0.2) is 61.8 Å². The minimum absolute atomic E-state index is 0.0447. The van der Waals surface area contributed by atoms with Gasteiger partial charge in [0.15, 0.2) is 0 Å². The molecule has 0 heterocycles. The first kappa shape index (κ1) is 25.0. The van der Waals surface area contributed by atoms with E-state index in [2.05, 4.69) is 10.6 Å². The van der Waals surface area contributed by atoms with E-state index in [4.69, 9.17) is 15.2 Å². The second-order valence-electron chi connectivity index (χ2n) is 7.52. The zero-order chi connectivity index (χ0) is 20.2. The molecular formula is C19H39N3O4. The van der Waals surface area contributed by atoms with E-state index in [0.29, 0.717) is 32.7 Å². The summed E-state index contributed by atoms with van der Waals surface area (Å²) in [6.07, 6.45) is 1.36. The number of Topliss-reactive ketones (excluding diaryl/α,β-unsaturated/α-hetero) is 1. The molecule has 0 aliphatic rings. The van der Waals surface area contributed by atoms with Crippen LogP contribution in [0.5, 0.6) is 0 Å². The Morgan fingerprint density at radius 3 is 2.35 bits per heavy atom. The van der Waals surface area contributed by atoms with Crippen LogP contribution in [0.2, 0.25) is 0 Å². The Hall–Kier alpha value is -1.02. The fourth-order valence-electron chi connectivity index (χ4n) is 2.34. The number of carbonyl (C=O) groups is 2. The van der Waals surface area contributed by atoms with E-state index in [0.717, 1.165) is 6.42 Å². The average molecular weight is 374 g/mol. The number of hydrogen-bond acceptors (Lipinski definition) is 6. The number of ketones is 1. The normalized spacial score (nSPS) is 14.3. The van der Waals surface area contributed by atoms with Crippen molar-refractivity contribution in [1.29, 1.82) is 0 Å². The third-order valence-corrected chi connectivity index (χ3v) is 4.02. The number of nitrogens with two attached hydrogens (primary N) is 1. The molecule has 1 amide bonds. The van der Waals surface area contributed by atoms with Gasteiger partial charge in [-0.25, -0.2) is 0 Å². The Balaban J connectivity index is 4.09. The number of nitrogens with one attached hydrogen (secondary N) is 2. The fraction of sp³-hybridized carbons (Fsp3) is 0.895. The van der Waals surface area contributed by atoms with Crippen molar-refractivity contribution in [1.82, 2.24) is 10.6 Å². The second-order valence-corrected chi connectivity index (χ2v) is 7.52. The maximum absolute atomic E-state index is 12.1. The van der Waals surface area contributed by atoms with E-state index >= 15 is 0 Å². The maximum Gasteiger partial charge on any atom is 0.222 e. The quantitative estimate of drug-likeness (QED) is 0.375. The van der Waals surface area contributed by atoms with E-state index in [1.165, 1.54) is 0 Å². The Bertz CT molecular complexity index is 414. The standard InChI is InChI=1S/C19H39N3O4/c1-7-17(23)16(22-14(2)3)12-18(24)21-9-11-26-19(5,6)8-10-25-15(4)13-20/h14-16,22H,7-13,20H2,1-6H3,(H,21,24). The number of ether oxygens (including phenoxy) is 2. The van der Waals surface area contributed by atoms with Crippen molar-refractivity contribution in [3.05, 3.63) is 0 Å². The number of rotatable bonds is 15. The lowest BCUT2D eigenvalue weighted by molar-refractivity contribution is -0.127. The van der Waals surface area contributed by atoms with E-state index in [1.807, 2.05) is 41.5 Å². The van der Waals surface area contributed by atoms with Gasteiger partial charge in [-0.3, -0.25) is 9.59 Å². The van der Waals surface area contributed by atoms with Gasteiger partial charge < -0.3 is 25.8 Å². The molecule has 0 spiro atoms. The van der Waals surface area contributed by atoms with E-state index in [1.54, 1.807) is 0 Å². The van der Waals surface area contributed by atoms with Crippen molar-refractivity contribution >= 4 is 11.7 Å². The van der Waals surface area contributed by atoms with Crippen LogP contribution in [0.1, 0.15) is 60.8 Å². The van der Waals surface area contributed by atoms with Gasteiger partial charge in [-0.15, -0.1) is 0 Å². The first-order valence-electron chi connectivity index (χ1n) is 9.62. The second kappa shape index (κ2) is 13.2. The van der Waals surface area contributed by atoms with Crippen LogP contribution in [0.15, 0.2) is 0 Å². The van der Waals surface area contributed by atoms with Crippen LogP contribution in [0.25, 0.3) is 0 Å². The molecule has 0 aliphatic carbocycles. The first-order chi connectivity index (χ1) is 12.1. The van der Waals surface area contributed by atoms with Crippen LogP contribution in [0.4, 0.5) is 0 Å². The summed E-state index contributed by atoms with van der Waals surface area (Å²) < 4.78 is 11.4. The summed E-state index contributed by atoms with van der Waals surface area (Å²) in [6, 6.07) is -0.282. The predicted molar refractivity (Wildman–Crippen MR) is 104 cm³/mol. The van der Waals surface area contributed by atoms with Gasteiger partial charge in [0.2, 0.25) is 5.91 Å². The molecule has 7 heteroatoms. The number of amides is 1. The average Bonchev–Trinajstić information content (AvgIpc) is 2.56. The summed E-state index contributed by atoms with van der Waals surface area (Å²) >= 11 is 0. The smallest absolute Gasteiger partial charge is 0.222 e. The number of carbonyl (C=O) groups excluding carboxylic acids is 2. The molecule has 0 aromatic carbocycles. The zero-order valence-electron chi connectivity index (χ0n) is 17.4. The van der Waals surface area contributed by atoms with Crippen LogP contribution in [-0.2, 0) is 19.1 Å². The van der Waals surface area contributed by atoms with Gasteiger partial charge in [0.25, 0.3) is 0 Å². The Labute approximate surface area is 158 Å². The Morgan fingerprint density at radius 2 is 1.81 bits per heavy atom. The molecule has 26 heavy (non-hydrogen) atoms. The van der Waals surface area contributed by atoms with Crippen molar-refractivity contribution in [3.63, 3.8) is 0 Å². The highest BCUT2D eigenvalue weighted by Crippen LogP contribution is 2.14. The van der Waals surface area contributed by atoms with Crippen molar-refractivity contribution in [2.75, 3.05) is 26.3 Å². The lowest BCUT2D eigenvalue weighted by Gasteiger charge is -2.26. The van der Waals surface area contributed by atoms with Crippen LogP contribution in [0, 0.1) is 0 Å². The van der Waals surface area contributed by atoms with Crippen molar-refractivity contribution in [2.24, 2.45) is 5.73 Å².